The van der Waals surface area contributed by atoms with Gasteiger partial charge in [0.05, 0.1) is 18.4 Å². The molecular formula is C14H13FN2O3. The quantitative estimate of drug-likeness (QED) is 0.839. The lowest BCUT2D eigenvalue weighted by molar-refractivity contribution is 0.0996. The first-order valence-electron chi connectivity index (χ1n) is 5.72. The van der Waals surface area contributed by atoms with Gasteiger partial charge in [-0.1, -0.05) is 0 Å². The molecule has 2 aromatic rings. The third kappa shape index (κ3) is 2.80. The van der Waals surface area contributed by atoms with Crippen molar-refractivity contribution in [3.05, 3.63) is 47.8 Å². The molecule has 0 radical (unpaired) electrons. The van der Waals surface area contributed by atoms with Crippen LogP contribution in [0.3, 0.4) is 0 Å². The summed E-state index contributed by atoms with van der Waals surface area (Å²) in [4.78, 5) is 10.9. The molecule has 20 heavy (non-hydrogen) atoms. The van der Waals surface area contributed by atoms with E-state index < -0.39 is 11.7 Å². The van der Waals surface area contributed by atoms with Crippen LogP contribution in [-0.2, 0) is 0 Å². The minimum atomic E-state index is -0.835. The molecule has 0 aliphatic rings. The maximum Gasteiger partial charge on any atom is 0.251 e. The highest BCUT2D eigenvalue weighted by atomic mass is 19.1. The number of rotatable bonds is 4. The Kier molecular flexibility index (Phi) is 3.74. The van der Waals surface area contributed by atoms with E-state index in [0.29, 0.717) is 17.2 Å². The van der Waals surface area contributed by atoms with Gasteiger partial charge in [-0.05, 0) is 24.3 Å². The highest BCUT2D eigenvalue weighted by Crippen LogP contribution is 2.31. The van der Waals surface area contributed by atoms with Crippen LogP contribution in [0.15, 0.2) is 36.4 Å². The first-order valence-corrected chi connectivity index (χ1v) is 5.72. The number of nitrogen functional groups attached to an aromatic ring is 1. The van der Waals surface area contributed by atoms with Gasteiger partial charge in [0, 0.05) is 12.1 Å². The van der Waals surface area contributed by atoms with E-state index >= 15 is 0 Å². The summed E-state index contributed by atoms with van der Waals surface area (Å²) >= 11 is 0. The van der Waals surface area contributed by atoms with Gasteiger partial charge in [-0.2, -0.15) is 0 Å². The molecule has 4 N–H and O–H groups in total. The maximum atomic E-state index is 13.6. The zero-order valence-electron chi connectivity index (χ0n) is 10.7. The molecule has 0 saturated heterocycles. The molecule has 104 valence electrons. The fourth-order valence-corrected chi connectivity index (χ4v) is 1.63. The molecular weight excluding hydrogens is 263 g/mol. The lowest BCUT2D eigenvalue weighted by Gasteiger charge is -2.10. The molecule has 0 aliphatic heterocycles. The fourth-order valence-electron chi connectivity index (χ4n) is 1.63. The molecule has 0 aliphatic carbocycles. The first kappa shape index (κ1) is 13.7. The minimum absolute atomic E-state index is 0.194. The van der Waals surface area contributed by atoms with Crippen molar-refractivity contribution < 1.29 is 18.7 Å². The number of benzene rings is 2. The fraction of sp³-hybridized carbons (Fsp3) is 0.0714. The van der Waals surface area contributed by atoms with Crippen molar-refractivity contribution >= 4 is 11.6 Å². The van der Waals surface area contributed by atoms with E-state index in [1.54, 1.807) is 18.2 Å². The summed E-state index contributed by atoms with van der Waals surface area (Å²) < 4.78 is 24.1. The van der Waals surface area contributed by atoms with Gasteiger partial charge in [0.1, 0.15) is 17.3 Å². The Morgan fingerprint density at radius 2 is 1.85 bits per heavy atom. The Labute approximate surface area is 114 Å². The molecule has 2 rings (SSSR count). The van der Waals surface area contributed by atoms with Crippen LogP contribution in [0.5, 0.6) is 17.2 Å². The molecule has 5 nitrogen and oxygen atoms in total. The number of anilines is 1. The van der Waals surface area contributed by atoms with E-state index in [-0.39, 0.29) is 11.3 Å². The van der Waals surface area contributed by atoms with Gasteiger partial charge in [-0.15, -0.1) is 0 Å². The number of amides is 1. The third-order valence-electron chi connectivity index (χ3n) is 2.65. The number of primary amides is 1. The summed E-state index contributed by atoms with van der Waals surface area (Å²) in [6, 6.07) is 8.63. The Hall–Kier alpha value is -2.76. The van der Waals surface area contributed by atoms with Gasteiger partial charge in [0.15, 0.2) is 5.75 Å². The number of carbonyl (C=O) groups is 1. The van der Waals surface area contributed by atoms with Gasteiger partial charge in [0.25, 0.3) is 5.91 Å². The number of hydrogen-bond donors (Lipinski definition) is 2. The predicted molar refractivity (Wildman–Crippen MR) is 72.4 cm³/mol. The van der Waals surface area contributed by atoms with Crippen molar-refractivity contribution in [2.24, 2.45) is 5.73 Å². The van der Waals surface area contributed by atoms with Crippen LogP contribution in [-0.4, -0.2) is 13.0 Å². The second kappa shape index (κ2) is 5.48. The summed E-state index contributed by atoms with van der Waals surface area (Å²) in [7, 11) is 1.52. The third-order valence-corrected chi connectivity index (χ3v) is 2.65. The lowest BCUT2D eigenvalue weighted by Crippen LogP contribution is -2.12. The minimum Gasteiger partial charge on any atom is -0.497 e. The smallest absolute Gasteiger partial charge is 0.251 e. The zero-order valence-corrected chi connectivity index (χ0v) is 10.7. The average molecular weight is 276 g/mol. The predicted octanol–water partition coefficient (Wildman–Crippen LogP) is 2.31. The first-order chi connectivity index (χ1) is 9.51. The van der Waals surface area contributed by atoms with Crippen molar-refractivity contribution in [3.63, 3.8) is 0 Å². The van der Waals surface area contributed by atoms with Gasteiger partial charge in [0.2, 0.25) is 0 Å². The SMILES string of the molecule is COc1ccc(Oc2ccc(C(N)=O)c(F)c2)c(N)c1. The molecule has 0 aromatic heterocycles. The monoisotopic (exact) mass is 276 g/mol. The van der Waals surface area contributed by atoms with Crippen molar-refractivity contribution in [1.82, 2.24) is 0 Å². The molecule has 2 aromatic carbocycles. The molecule has 0 saturated carbocycles. The molecule has 1 amide bonds. The molecule has 0 bridgehead atoms. The number of carbonyl (C=O) groups excluding carboxylic acids is 1. The summed E-state index contributed by atoms with van der Waals surface area (Å²) in [6.07, 6.45) is 0. The van der Waals surface area contributed by atoms with E-state index in [9.17, 15) is 9.18 Å². The molecule has 0 heterocycles. The van der Waals surface area contributed by atoms with E-state index in [0.717, 1.165) is 6.07 Å². The normalized spacial score (nSPS) is 10.1. The molecule has 0 unspecified atom stereocenters. The van der Waals surface area contributed by atoms with Crippen LogP contribution in [0, 0.1) is 5.82 Å². The number of nitrogens with two attached hydrogens (primary N) is 2. The van der Waals surface area contributed by atoms with Crippen molar-refractivity contribution in [1.29, 1.82) is 0 Å². The van der Waals surface area contributed by atoms with Gasteiger partial charge < -0.3 is 20.9 Å². The number of hydrogen-bond acceptors (Lipinski definition) is 4. The van der Waals surface area contributed by atoms with Crippen molar-refractivity contribution in [2.75, 3.05) is 12.8 Å². The summed E-state index contributed by atoms with van der Waals surface area (Å²) in [5.41, 5.74) is 11.0. The van der Waals surface area contributed by atoms with E-state index in [2.05, 4.69) is 0 Å². The van der Waals surface area contributed by atoms with Crippen molar-refractivity contribution in [3.8, 4) is 17.2 Å². The van der Waals surface area contributed by atoms with E-state index in [1.807, 2.05) is 0 Å². The number of ether oxygens (including phenoxy) is 2. The second-order valence-electron chi connectivity index (χ2n) is 4.01. The van der Waals surface area contributed by atoms with Crippen LogP contribution in [0.4, 0.5) is 10.1 Å². The summed E-state index contributed by atoms with van der Waals surface area (Å²) in [5, 5.41) is 0. The van der Waals surface area contributed by atoms with E-state index in [4.69, 9.17) is 20.9 Å². The summed E-state index contributed by atoms with van der Waals surface area (Å²) in [6.45, 7) is 0. The maximum absolute atomic E-state index is 13.6. The highest BCUT2D eigenvalue weighted by molar-refractivity contribution is 5.93. The van der Waals surface area contributed by atoms with Gasteiger partial charge in [-0.3, -0.25) is 4.79 Å². The Bertz CT molecular complexity index is 659. The Balaban J connectivity index is 2.26. The summed E-state index contributed by atoms with van der Waals surface area (Å²) in [5.74, 6) is -0.424. The number of halogens is 1. The highest BCUT2D eigenvalue weighted by Gasteiger charge is 2.10. The second-order valence-corrected chi connectivity index (χ2v) is 4.01. The lowest BCUT2D eigenvalue weighted by atomic mass is 10.2. The number of methoxy groups -OCH3 is 1. The molecule has 0 fully saturated rings. The van der Waals surface area contributed by atoms with Gasteiger partial charge in [-0.25, -0.2) is 4.39 Å². The Morgan fingerprint density at radius 1 is 1.15 bits per heavy atom. The molecule has 0 spiro atoms. The van der Waals surface area contributed by atoms with Crippen LogP contribution < -0.4 is 20.9 Å². The topological polar surface area (TPSA) is 87.6 Å². The van der Waals surface area contributed by atoms with Crippen LogP contribution in [0.2, 0.25) is 0 Å². The van der Waals surface area contributed by atoms with Crippen LogP contribution in [0.25, 0.3) is 0 Å². The molecule has 6 heteroatoms. The average Bonchev–Trinajstić information content (AvgIpc) is 2.40. The molecule has 0 atom stereocenters. The van der Waals surface area contributed by atoms with E-state index in [1.165, 1.54) is 19.2 Å². The van der Waals surface area contributed by atoms with Gasteiger partial charge >= 0.3 is 0 Å². The van der Waals surface area contributed by atoms with Crippen LogP contribution >= 0.6 is 0 Å². The largest absolute Gasteiger partial charge is 0.497 e. The zero-order chi connectivity index (χ0) is 14.7. The van der Waals surface area contributed by atoms with Crippen LogP contribution in [0.1, 0.15) is 10.4 Å². The Morgan fingerprint density at radius 3 is 2.40 bits per heavy atom. The standard InChI is InChI=1S/C14H13FN2O3/c1-19-8-3-5-13(12(16)7-8)20-9-2-4-10(14(17)18)11(15)6-9/h2-7H,16H2,1H3,(H2,17,18). The van der Waals surface area contributed by atoms with Crippen molar-refractivity contribution in [2.45, 2.75) is 0 Å².